The molecule has 13 rings (SSSR count). The summed E-state index contributed by atoms with van der Waals surface area (Å²) in [6.07, 6.45) is 0. The summed E-state index contributed by atoms with van der Waals surface area (Å²) in [5, 5.41) is 7.97. The van der Waals surface area contributed by atoms with E-state index >= 15 is 0 Å². The normalized spacial score (nSPS) is 14.1. The molecule has 343 valence electrons. The van der Waals surface area contributed by atoms with E-state index in [9.17, 15) is 0 Å². The first kappa shape index (κ1) is 36.3. The summed E-state index contributed by atoms with van der Waals surface area (Å²) >= 11 is 0. The standard InChI is InChI=1S/C38H24N3O.C25H25N2.Ir/c1-22-9-7-16-34-35(22)41(37(40-34)32-15-8-14-30-31-19-17-23(2)39-38(31)42-36(30)32)24-18-20-29-27-12-4-3-10-25(27)26-11-5-6-13-28(26)33(29)21-24;1-17(2)20-13-10-14-21(18(3)4)24(20)27-23-16-9-8-15-22(23)26-25(27)19-11-6-5-7-12-19;/h3-14,16-21H,1-2H3;5-11,13-18H,1-4H3;/q2*-1;/i1D3,2D3;17D,18D;. The summed E-state index contributed by atoms with van der Waals surface area (Å²) in [7, 11) is 0. The third kappa shape index (κ3) is 7.40. The number of fused-ring (bicyclic) bond motifs is 11. The minimum atomic E-state index is -2.42. The van der Waals surface area contributed by atoms with E-state index in [1.54, 1.807) is 30.3 Å². The Hall–Kier alpha value is -7.70. The Morgan fingerprint density at radius 3 is 1.87 bits per heavy atom. The van der Waals surface area contributed by atoms with E-state index in [1.165, 1.54) is 6.07 Å². The van der Waals surface area contributed by atoms with Crippen molar-refractivity contribution >= 4 is 76.5 Å². The average Bonchev–Trinajstić information content (AvgIpc) is 4.21. The molecule has 0 aliphatic heterocycles. The maximum atomic E-state index is 8.80. The van der Waals surface area contributed by atoms with Gasteiger partial charge in [0.2, 0.25) is 5.71 Å². The predicted octanol–water partition coefficient (Wildman–Crippen LogP) is 16.6. The smallest absolute Gasteiger partial charge is 0.216 e. The Kier molecular flexibility index (Phi) is 9.33. The zero-order valence-corrected chi connectivity index (χ0v) is 41.1. The summed E-state index contributed by atoms with van der Waals surface area (Å²) in [6.45, 7) is 2.74. The molecule has 0 aliphatic carbocycles. The summed E-state index contributed by atoms with van der Waals surface area (Å²) in [5.41, 5.74) is 8.24. The first-order valence-electron chi connectivity index (χ1n) is 26.9. The molecule has 70 heavy (non-hydrogen) atoms. The number of imidazole rings is 2. The van der Waals surface area contributed by atoms with E-state index in [0.29, 0.717) is 38.8 Å². The molecule has 0 amide bonds. The van der Waals surface area contributed by atoms with Crippen molar-refractivity contribution in [2.45, 2.75) is 53.2 Å². The van der Waals surface area contributed by atoms with Crippen molar-refractivity contribution in [2.75, 3.05) is 0 Å². The molecule has 0 unspecified atom stereocenters. The van der Waals surface area contributed by atoms with Gasteiger partial charge in [0, 0.05) is 53.5 Å². The zero-order chi connectivity index (χ0) is 53.8. The predicted molar refractivity (Wildman–Crippen MR) is 286 cm³/mol. The fourth-order valence-corrected chi connectivity index (χ4v) is 9.93. The summed E-state index contributed by atoms with van der Waals surface area (Å²) in [5.74, 6) is -0.458. The number of pyridine rings is 1. The van der Waals surface area contributed by atoms with E-state index in [0.717, 1.165) is 77.2 Å². The Labute approximate surface area is 431 Å². The van der Waals surface area contributed by atoms with Gasteiger partial charge in [-0.2, -0.15) is 0 Å². The fraction of sp³-hybridized carbons (Fsp3) is 0.127. The van der Waals surface area contributed by atoms with Gasteiger partial charge in [-0.1, -0.05) is 136 Å². The van der Waals surface area contributed by atoms with Crippen LogP contribution in [0.2, 0.25) is 0 Å². The minimum Gasteiger partial charge on any atom is -0.486 e. The Bertz CT molecular complexity index is 4400. The van der Waals surface area contributed by atoms with E-state index in [1.807, 2.05) is 135 Å². The van der Waals surface area contributed by atoms with Gasteiger partial charge >= 0.3 is 0 Å². The number of furan rings is 1. The van der Waals surface area contributed by atoms with Crippen molar-refractivity contribution in [3.05, 3.63) is 210 Å². The molecule has 1 radical (unpaired) electrons. The van der Waals surface area contributed by atoms with Crippen LogP contribution in [0, 0.1) is 25.8 Å². The molecule has 0 fully saturated rings. The van der Waals surface area contributed by atoms with Gasteiger partial charge in [0.25, 0.3) is 0 Å². The summed E-state index contributed by atoms with van der Waals surface area (Å²) in [6, 6.07) is 63.1. The maximum Gasteiger partial charge on any atom is 0.216 e. The molecule has 0 atom stereocenters. The number of hydrogen-bond donors (Lipinski definition) is 0. The van der Waals surface area contributed by atoms with Crippen molar-refractivity contribution < 1.29 is 35.5 Å². The number of para-hydroxylation sites is 4. The third-order valence-corrected chi connectivity index (χ3v) is 13.0. The van der Waals surface area contributed by atoms with Gasteiger partial charge < -0.3 is 13.6 Å². The molecule has 0 N–H and O–H groups in total. The second kappa shape index (κ2) is 18.0. The Morgan fingerprint density at radius 2 is 1.17 bits per heavy atom. The third-order valence-electron chi connectivity index (χ3n) is 13.0. The van der Waals surface area contributed by atoms with Crippen LogP contribution in [-0.2, 0) is 20.1 Å². The minimum absolute atomic E-state index is 0. The number of aryl methyl sites for hydroxylation is 2. The molecule has 7 heteroatoms. The van der Waals surface area contributed by atoms with Crippen LogP contribution in [0.4, 0.5) is 0 Å². The molecule has 4 aromatic heterocycles. The number of benzene rings is 9. The molecule has 0 bridgehead atoms. The van der Waals surface area contributed by atoms with Crippen LogP contribution in [0.1, 0.15) is 72.8 Å². The van der Waals surface area contributed by atoms with Crippen molar-refractivity contribution in [1.82, 2.24) is 24.1 Å². The van der Waals surface area contributed by atoms with Gasteiger partial charge in [0.1, 0.15) is 0 Å². The first-order chi connectivity index (χ1) is 36.8. The number of rotatable bonds is 6. The van der Waals surface area contributed by atoms with E-state index in [2.05, 4.69) is 58.1 Å². The Balaban J connectivity index is 0.000000185. The Morgan fingerprint density at radius 1 is 0.529 bits per heavy atom. The van der Waals surface area contributed by atoms with Crippen molar-refractivity contribution in [2.24, 2.45) is 0 Å². The fourth-order valence-electron chi connectivity index (χ4n) is 9.93. The van der Waals surface area contributed by atoms with Crippen LogP contribution in [0.5, 0.6) is 0 Å². The van der Waals surface area contributed by atoms with Crippen LogP contribution < -0.4 is 0 Å². The molecule has 6 nitrogen and oxygen atoms in total. The quantitative estimate of drug-likeness (QED) is 0.123. The van der Waals surface area contributed by atoms with Crippen LogP contribution in [-0.4, -0.2) is 24.1 Å². The van der Waals surface area contributed by atoms with Gasteiger partial charge in [-0.3, -0.25) is 9.97 Å². The van der Waals surface area contributed by atoms with Gasteiger partial charge in [-0.15, -0.1) is 54.1 Å². The second-order valence-corrected chi connectivity index (χ2v) is 17.7. The van der Waals surface area contributed by atoms with Crippen molar-refractivity contribution in [3.8, 4) is 34.2 Å². The second-order valence-electron chi connectivity index (χ2n) is 17.7. The van der Waals surface area contributed by atoms with Crippen molar-refractivity contribution in [1.29, 1.82) is 0 Å². The maximum absolute atomic E-state index is 8.80. The molecule has 0 spiro atoms. The summed E-state index contributed by atoms with van der Waals surface area (Å²) in [4.78, 5) is 14.3. The van der Waals surface area contributed by atoms with Gasteiger partial charge in [-0.05, 0) is 117 Å². The molecule has 0 saturated carbocycles. The van der Waals surface area contributed by atoms with E-state index < -0.39 is 25.5 Å². The van der Waals surface area contributed by atoms with Crippen LogP contribution in [0.25, 0.3) is 111 Å². The molecule has 9 aromatic carbocycles. The van der Waals surface area contributed by atoms with Crippen LogP contribution >= 0.6 is 0 Å². The molecule has 0 aliphatic rings. The van der Waals surface area contributed by atoms with Crippen LogP contribution in [0.15, 0.2) is 180 Å². The van der Waals surface area contributed by atoms with Crippen molar-refractivity contribution in [3.63, 3.8) is 0 Å². The first-order valence-corrected chi connectivity index (χ1v) is 22.9. The molecule has 0 saturated heterocycles. The molecular formula is C63H49IrN5O-2. The van der Waals surface area contributed by atoms with E-state index in [-0.39, 0.29) is 37.1 Å². The average molecular weight is 1090 g/mol. The van der Waals surface area contributed by atoms with Gasteiger partial charge in [0.15, 0.2) is 0 Å². The van der Waals surface area contributed by atoms with Gasteiger partial charge in [0.05, 0.1) is 39.3 Å². The molecule has 13 aromatic rings. The van der Waals surface area contributed by atoms with Crippen LogP contribution in [0.3, 0.4) is 0 Å². The summed E-state index contributed by atoms with van der Waals surface area (Å²) < 4.78 is 76.7. The number of nitrogens with zero attached hydrogens (tertiary/aromatic N) is 5. The number of aromatic nitrogens is 5. The topological polar surface area (TPSA) is 61.7 Å². The SMILES string of the molecule is [2H]C(C)(C)c1cccc(C([2H])(C)C)c1-n1c(-c2[c-]cccc2)nc2ccccc21.[2H]C([2H])([2H])c1ccc2c(n1)oc1c(-c3nc4cccc(C([2H])([2H])[2H])c4n3-c3ccc4c5ccccc5c5ccccc5c4c3)[c-]ccc12.[Ir]. The van der Waals surface area contributed by atoms with E-state index in [4.69, 9.17) is 25.4 Å². The molecule has 4 heterocycles. The number of hydrogen-bond acceptors (Lipinski definition) is 4. The largest absolute Gasteiger partial charge is 0.486 e. The van der Waals surface area contributed by atoms with Gasteiger partial charge in [-0.25, -0.2) is 4.98 Å². The monoisotopic (exact) mass is 1090 g/mol. The molecular weight excluding hydrogens is 1030 g/mol. The zero-order valence-electron chi connectivity index (χ0n) is 46.7.